The van der Waals surface area contributed by atoms with E-state index in [1.807, 2.05) is 13.8 Å². The molecule has 0 bridgehead atoms. The highest BCUT2D eigenvalue weighted by molar-refractivity contribution is 5.02. The first-order valence-electron chi connectivity index (χ1n) is 3.77. The van der Waals surface area contributed by atoms with Crippen LogP contribution in [0.15, 0.2) is 11.8 Å². The molecule has 1 atom stereocenters. The second kappa shape index (κ2) is 5.30. The van der Waals surface area contributed by atoms with Gasteiger partial charge in [-0.1, -0.05) is 20.3 Å². The second-order valence-electron chi connectivity index (χ2n) is 2.36. The molecule has 0 rings (SSSR count). The molecule has 10 heavy (non-hydrogen) atoms. The smallest absolute Gasteiger partial charge is 0.0809 e. The molecule has 0 aromatic rings. The van der Waals surface area contributed by atoms with E-state index in [1.165, 1.54) is 0 Å². The van der Waals surface area contributed by atoms with Crippen LogP contribution < -0.4 is 0 Å². The molecule has 0 aliphatic rings. The van der Waals surface area contributed by atoms with Gasteiger partial charge in [0.2, 0.25) is 0 Å². The van der Waals surface area contributed by atoms with E-state index in [-0.39, 0.29) is 0 Å². The molecule has 0 amide bonds. The van der Waals surface area contributed by atoms with Crippen molar-refractivity contribution in [2.75, 3.05) is 0 Å². The quantitative estimate of drug-likeness (QED) is 0.592. The lowest BCUT2D eigenvalue weighted by molar-refractivity contribution is 0.191. The fraction of sp³-hybridized carbons (Fsp3) is 0.750. The summed E-state index contributed by atoms with van der Waals surface area (Å²) in [4.78, 5) is 0. The standard InChI is InChI=1S/C8H16O2/c1-3-5-8(10)7(4-2)6-9/h6,8-10H,3-5H2,1-2H3. The molecule has 0 radical (unpaired) electrons. The van der Waals surface area contributed by atoms with Gasteiger partial charge in [-0.2, -0.15) is 0 Å². The van der Waals surface area contributed by atoms with Gasteiger partial charge in [0.15, 0.2) is 0 Å². The first-order chi connectivity index (χ1) is 4.76. The fourth-order valence-electron chi connectivity index (χ4n) is 0.872. The zero-order valence-electron chi connectivity index (χ0n) is 6.67. The van der Waals surface area contributed by atoms with Gasteiger partial charge in [-0.05, 0) is 18.4 Å². The van der Waals surface area contributed by atoms with Crippen LogP contribution in [0.3, 0.4) is 0 Å². The third-order valence-corrected chi connectivity index (χ3v) is 1.56. The SMILES string of the molecule is CCCC(O)C(=CO)CC. The fourth-order valence-corrected chi connectivity index (χ4v) is 0.872. The van der Waals surface area contributed by atoms with Gasteiger partial charge in [-0.15, -0.1) is 0 Å². The molecule has 0 aliphatic heterocycles. The van der Waals surface area contributed by atoms with E-state index in [4.69, 9.17) is 5.11 Å². The normalized spacial score (nSPS) is 15.3. The van der Waals surface area contributed by atoms with E-state index in [0.29, 0.717) is 0 Å². The van der Waals surface area contributed by atoms with Crippen LogP contribution in [0.5, 0.6) is 0 Å². The maximum Gasteiger partial charge on any atom is 0.0809 e. The Kier molecular flexibility index (Phi) is 5.03. The highest BCUT2D eigenvalue weighted by Gasteiger charge is 2.06. The minimum absolute atomic E-state index is 0.444. The van der Waals surface area contributed by atoms with Gasteiger partial charge in [0.25, 0.3) is 0 Å². The summed E-state index contributed by atoms with van der Waals surface area (Å²) in [5.74, 6) is 0. The number of hydrogen-bond acceptors (Lipinski definition) is 2. The van der Waals surface area contributed by atoms with E-state index in [0.717, 1.165) is 31.1 Å². The maximum atomic E-state index is 9.28. The number of aliphatic hydroxyl groups is 2. The molecule has 60 valence electrons. The highest BCUT2D eigenvalue weighted by Crippen LogP contribution is 2.10. The van der Waals surface area contributed by atoms with Crippen molar-refractivity contribution in [3.05, 3.63) is 11.8 Å². The van der Waals surface area contributed by atoms with Gasteiger partial charge in [-0.25, -0.2) is 0 Å². The second-order valence-corrected chi connectivity index (χ2v) is 2.36. The van der Waals surface area contributed by atoms with Crippen molar-refractivity contribution >= 4 is 0 Å². The zero-order valence-corrected chi connectivity index (χ0v) is 6.67. The van der Waals surface area contributed by atoms with Crippen LogP contribution in [0.2, 0.25) is 0 Å². The zero-order chi connectivity index (χ0) is 7.98. The van der Waals surface area contributed by atoms with Gasteiger partial charge >= 0.3 is 0 Å². The van der Waals surface area contributed by atoms with E-state index in [9.17, 15) is 5.11 Å². The van der Waals surface area contributed by atoms with Gasteiger partial charge in [0.1, 0.15) is 0 Å². The van der Waals surface area contributed by atoms with E-state index >= 15 is 0 Å². The third kappa shape index (κ3) is 2.87. The lowest BCUT2D eigenvalue weighted by Crippen LogP contribution is -2.08. The van der Waals surface area contributed by atoms with Crippen LogP contribution >= 0.6 is 0 Å². The summed E-state index contributed by atoms with van der Waals surface area (Å²) in [7, 11) is 0. The molecule has 2 heteroatoms. The lowest BCUT2D eigenvalue weighted by atomic mass is 10.1. The Morgan fingerprint density at radius 3 is 2.40 bits per heavy atom. The molecule has 2 nitrogen and oxygen atoms in total. The highest BCUT2D eigenvalue weighted by atomic mass is 16.3. The van der Waals surface area contributed by atoms with Crippen LogP contribution in [0.1, 0.15) is 33.1 Å². The van der Waals surface area contributed by atoms with Crippen LogP contribution in [-0.2, 0) is 0 Å². The van der Waals surface area contributed by atoms with Crippen LogP contribution in [0.25, 0.3) is 0 Å². The number of rotatable bonds is 4. The largest absolute Gasteiger partial charge is 0.516 e. The molecule has 0 aromatic heterocycles. The van der Waals surface area contributed by atoms with Crippen molar-refractivity contribution in [3.8, 4) is 0 Å². The first kappa shape index (κ1) is 9.50. The Morgan fingerprint density at radius 1 is 1.50 bits per heavy atom. The summed E-state index contributed by atoms with van der Waals surface area (Å²) in [6, 6.07) is 0. The summed E-state index contributed by atoms with van der Waals surface area (Å²) in [5, 5.41) is 17.9. The summed E-state index contributed by atoms with van der Waals surface area (Å²) in [5.41, 5.74) is 0.724. The molecule has 0 spiro atoms. The van der Waals surface area contributed by atoms with Crippen molar-refractivity contribution in [1.29, 1.82) is 0 Å². The lowest BCUT2D eigenvalue weighted by Gasteiger charge is -2.09. The average Bonchev–Trinajstić information content (AvgIpc) is 1.91. The summed E-state index contributed by atoms with van der Waals surface area (Å²) < 4.78 is 0. The Bertz CT molecular complexity index is 108. The minimum atomic E-state index is -0.444. The molecule has 0 saturated heterocycles. The minimum Gasteiger partial charge on any atom is -0.516 e. The van der Waals surface area contributed by atoms with Crippen molar-refractivity contribution in [3.63, 3.8) is 0 Å². The third-order valence-electron chi connectivity index (χ3n) is 1.56. The van der Waals surface area contributed by atoms with Gasteiger partial charge in [0, 0.05) is 0 Å². The monoisotopic (exact) mass is 144 g/mol. The number of hydrogen-bond donors (Lipinski definition) is 2. The molecule has 0 aliphatic carbocycles. The van der Waals surface area contributed by atoms with Crippen LogP contribution in [0.4, 0.5) is 0 Å². The molecular weight excluding hydrogens is 128 g/mol. The van der Waals surface area contributed by atoms with Crippen molar-refractivity contribution in [2.45, 2.75) is 39.2 Å². The first-order valence-corrected chi connectivity index (χ1v) is 3.77. The average molecular weight is 144 g/mol. The van der Waals surface area contributed by atoms with Crippen LogP contribution in [-0.4, -0.2) is 16.3 Å². The predicted molar refractivity (Wildman–Crippen MR) is 41.9 cm³/mol. The summed E-state index contributed by atoms with van der Waals surface area (Å²) in [6.45, 7) is 3.93. The molecule has 0 saturated carbocycles. The van der Waals surface area contributed by atoms with Crippen molar-refractivity contribution in [2.24, 2.45) is 0 Å². The van der Waals surface area contributed by atoms with Crippen molar-refractivity contribution < 1.29 is 10.2 Å². The molecule has 1 unspecified atom stereocenters. The summed E-state index contributed by atoms with van der Waals surface area (Å²) >= 11 is 0. The molecule has 0 heterocycles. The Labute approximate surface area is 62.2 Å². The predicted octanol–water partition coefficient (Wildman–Crippen LogP) is 2.00. The van der Waals surface area contributed by atoms with E-state index in [2.05, 4.69) is 0 Å². The van der Waals surface area contributed by atoms with Crippen LogP contribution in [0, 0.1) is 0 Å². The van der Waals surface area contributed by atoms with E-state index in [1.54, 1.807) is 0 Å². The van der Waals surface area contributed by atoms with Gasteiger partial charge in [0.05, 0.1) is 12.4 Å². The number of aliphatic hydroxyl groups excluding tert-OH is 2. The molecule has 0 aromatic carbocycles. The Hall–Kier alpha value is -0.500. The molecular formula is C8H16O2. The van der Waals surface area contributed by atoms with Crippen molar-refractivity contribution in [1.82, 2.24) is 0 Å². The maximum absolute atomic E-state index is 9.28. The Morgan fingerprint density at radius 2 is 2.10 bits per heavy atom. The summed E-state index contributed by atoms with van der Waals surface area (Å²) in [6.07, 6.45) is 2.97. The topological polar surface area (TPSA) is 40.5 Å². The molecule has 2 N–H and O–H groups in total. The molecule has 0 fully saturated rings. The Balaban J connectivity index is 3.77. The van der Waals surface area contributed by atoms with E-state index < -0.39 is 6.10 Å². The van der Waals surface area contributed by atoms with Gasteiger partial charge < -0.3 is 10.2 Å². The van der Waals surface area contributed by atoms with Gasteiger partial charge in [-0.3, -0.25) is 0 Å².